The van der Waals surface area contributed by atoms with Crippen molar-refractivity contribution in [3.63, 3.8) is 0 Å². The molecule has 2 aliphatic rings. The maximum Gasteiger partial charge on any atom is 0.435 e. The second kappa shape index (κ2) is 7.50. The third-order valence-corrected chi connectivity index (χ3v) is 5.84. The molecule has 1 atom stereocenters. The van der Waals surface area contributed by atoms with Crippen LogP contribution in [0.15, 0.2) is 10.6 Å². The van der Waals surface area contributed by atoms with Crippen molar-refractivity contribution in [1.29, 1.82) is 0 Å². The van der Waals surface area contributed by atoms with E-state index in [1.165, 1.54) is 4.68 Å². The van der Waals surface area contributed by atoms with Crippen LogP contribution in [-0.2, 0) is 30.4 Å². The molecule has 3 heterocycles. The zero-order chi connectivity index (χ0) is 20.8. The third-order valence-electron chi connectivity index (χ3n) is 5.84. The summed E-state index contributed by atoms with van der Waals surface area (Å²) in [4.78, 5) is 14.7. The Balaban J connectivity index is 1.56. The summed E-state index contributed by atoms with van der Waals surface area (Å²) >= 11 is 0. The number of carbonyl (C=O) groups is 1. The van der Waals surface area contributed by atoms with Crippen LogP contribution < -0.4 is 0 Å². The van der Waals surface area contributed by atoms with Crippen LogP contribution in [0.2, 0.25) is 0 Å². The number of rotatable bonds is 4. The molecule has 2 aromatic heterocycles. The van der Waals surface area contributed by atoms with E-state index in [-0.39, 0.29) is 30.0 Å². The molecule has 0 N–H and O–H groups in total. The standard InChI is InChI=1S/C20H25F3N4O2/c1-12(2)17-10-14(25-29-17)16-8-5-9-26(16)18(28)11-27-15-7-4-3-6-13(15)19(24-27)20(21,22)23/h10,12,16H,3-9,11H2,1-2H3/t16-/m0/s1. The predicted octanol–water partition coefficient (Wildman–Crippen LogP) is 4.26. The highest BCUT2D eigenvalue weighted by Crippen LogP contribution is 2.37. The minimum atomic E-state index is -4.50. The van der Waals surface area contributed by atoms with Gasteiger partial charge in [0.05, 0.1) is 6.04 Å². The molecule has 0 unspecified atom stereocenters. The summed E-state index contributed by atoms with van der Waals surface area (Å²) in [6.07, 6.45) is -0.495. The van der Waals surface area contributed by atoms with Gasteiger partial charge in [-0.15, -0.1) is 0 Å². The van der Waals surface area contributed by atoms with Gasteiger partial charge < -0.3 is 9.42 Å². The summed E-state index contributed by atoms with van der Waals surface area (Å²) in [5.41, 5.74) is 0.679. The van der Waals surface area contributed by atoms with E-state index in [9.17, 15) is 18.0 Å². The quantitative estimate of drug-likeness (QED) is 0.756. The summed E-state index contributed by atoms with van der Waals surface area (Å²) in [5, 5.41) is 7.94. The second-order valence-electron chi connectivity index (χ2n) is 8.19. The van der Waals surface area contributed by atoms with Crippen molar-refractivity contribution in [2.24, 2.45) is 0 Å². The van der Waals surface area contributed by atoms with Crippen molar-refractivity contribution in [3.8, 4) is 0 Å². The summed E-state index contributed by atoms with van der Waals surface area (Å²) in [5.74, 6) is 0.722. The second-order valence-corrected chi connectivity index (χ2v) is 8.19. The van der Waals surface area contributed by atoms with Gasteiger partial charge in [-0.1, -0.05) is 19.0 Å². The van der Waals surface area contributed by atoms with Crippen LogP contribution in [0.1, 0.15) is 79.9 Å². The minimum absolute atomic E-state index is 0.177. The first-order valence-electron chi connectivity index (χ1n) is 10.2. The topological polar surface area (TPSA) is 64.2 Å². The van der Waals surface area contributed by atoms with E-state index in [0.29, 0.717) is 37.2 Å². The van der Waals surface area contributed by atoms with Crippen molar-refractivity contribution >= 4 is 5.91 Å². The molecule has 0 aromatic carbocycles. The number of hydrogen-bond acceptors (Lipinski definition) is 4. The van der Waals surface area contributed by atoms with Crippen LogP contribution in [0.4, 0.5) is 13.2 Å². The first-order chi connectivity index (χ1) is 13.8. The fourth-order valence-electron chi connectivity index (χ4n) is 4.35. The summed E-state index contributed by atoms with van der Waals surface area (Å²) in [7, 11) is 0. The van der Waals surface area contributed by atoms with Gasteiger partial charge in [-0.25, -0.2) is 0 Å². The van der Waals surface area contributed by atoms with Gasteiger partial charge in [-0.05, 0) is 38.5 Å². The molecule has 0 bridgehead atoms. The maximum absolute atomic E-state index is 13.4. The molecule has 9 heteroatoms. The molecule has 2 aromatic rings. The Morgan fingerprint density at radius 1 is 1.28 bits per heavy atom. The molecular weight excluding hydrogens is 385 g/mol. The van der Waals surface area contributed by atoms with Crippen LogP contribution in [0.3, 0.4) is 0 Å². The van der Waals surface area contributed by atoms with E-state index in [1.807, 2.05) is 19.9 Å². The van der Waals surface area contributed by atoms with Gasteiger partial charge >= 0.3 is 6.18 Å². The number of halogens is 3. The Hall–Kier alpha value is -2.32. The third kappa shape index (κ3) is 3.79. The van der Waals surface area contributed by atoms with Gasteiger partial charge in [-0.3, -0.25) is 9.48 Å². The normalized spacial score (nSPS) is 19.8. The largest absolute Gasteiger partial charge is 0.435 e. The van der Waals surface area contributed by atoms with Gasteiger partial charge in [-0.2, -0.15) is 18.3 Å². The highest BCUT2D eigenvalue weighted by atomic mass is 19.4. The number of nitrogens with zero attached hydrogens (tertiary/aromatic N) is 4. The molecular formula is C20H25F3N4O2. The van der Waals surface area contributed by atoms with Crippen molar-refractivity contribution < 1.29 is 22.5 Å². The Labute approximate surface area is 167 Å². The fraction of sp³-hybridized carbons (Fsp3) is 0.650. The summed E-state index contributed by atoms with van der Waals surface area (Å²) in [6, 6.07) is 1.67. The van der Waals surface area contributed by atoms with Crippen molar-refractivity contribution in [2.45, 2.75) is 77.1 Å². The van der Waals surface area contributed by atoms with Crippen LogP contribution in [0.5, 0.6) is 0 Å². The molecule has 1 aliphatic carbocycles. The Kier molecular flexibility index (Phi) is 5.16. The molecule has 29 heavy (non-hydrogen) atoms. The molecule has 158 valence electrons. The van der Waals surface area contributed by atoms with Gasteiger partial charge in [0.1, 0.15) is 18.0 Å². The van der Waals surface area contributed by atoms with E-state index in [0.717, 1.165) is 25.0 Å². The SMILES string of the molecule is CC(C)c1cc([C@@H]2CCCN2C(=O)Cn2nc(C(F)(F)F)c3c2CCCC3)no1. The van der Waals surface area contributed by atoms with Crippen LogP contribution in [0, 0.1) is 0 Å². The van der Waals surface area contributed by atoms with Crippen molar-refractivity contribution in [2.75, 3.05) is 6.54 Å². The molecule has 0 saturated carbocycles. The van der Waals surface area contributed by atoms with Crippen molar-refractivity contribution in [1.82, 2.24) is 19.8 Å². The molecule has 1 fully saturated rings. The highest BCUT2D eigenvalue weighted by molar-refractivity contribution is 5.77. The molecule has 1 aliphatic heterocycles. The van der Waals surface area contributed by atoms with Gasteiger partial charge in [0.15, 0.2) is 5.69 Å². The smallest absolute Gasteiger partial charge is 0.361 e. The van der Waals surface area contributed by atoms with Crippen LogP contribution in [0.25, 0.3) is 0 Å². The number of fused-ring (bicyclic) bond motifs is 1. The van der Waals surface area contributed by atoms with Crippen molar-refractivity contribution in [3.05, 3.63) is 34.5 Å². The number of carbonyl (C=O) groups excluding carboxylic acids is 1. The van der Waals surface area contributed by atoms with E-state index in [1.54, 1.807) is 4.90 Å². The zero-order valence-corrected chi connectivity index (χ0v) is 16.6. The molecule has 4 rings (SSSR count). The lowest BCUT2D eigenvalue weighted by molar-refractivity contribution is -0.142. The first kappa shape index (κ1) is 20.0. The molecule has 1 amide bonds. The summed E-state index contributed by atoms with van der Waals surface area (Å²) < 4.78 is 46.8. The Morgan fingerprint density at radius 2 is 2.03 bits per heavy atom. The molecule has 0 spiro atoms. The van der Waals surface area contributed by atoms with Crippen LogP contribution in [-0.4, -0.2) is 32.3 Å². The Bertz CT molecular complexity index is 900. The van der Waals surface area contributed by atoms with E-state index < -0.39 is 11.9 Å². The van der Waals surface area contributed by atoms with Gasteiger partial charge in [0.2, 0.25) is 5.91 Å². The average molecular weight is 410 g/mol. The first-order valence-corrected chi connectivity index (χ1v) is 10.2. The van der Waals surface area contributed by atoms with E-state index >= 15 is 0 Å². The van der Waals surface area contributed by atoms with Crippen LogP contribution >= 0.6 is 0 Å². The maximum atomic E-state index is 13.4. The van der Waals surface area contributed by atoms with E-state index in [4.69, 9.17) is 4.52 Å². The fourth-order valence-corrected chi connectivity index (χ4v) is 4.35. The minimum Gasteiger partial charge on any atom is -0.361 e. The average Bonchev–Trinajstić information content (AvgIpc) is 3.39. The number of likely N-dealkylation sites (tertiary alicyclic amines) is 1. The number of hydrogen-bond donors (Lipinski definition) is 0. The number of alkyl halides is 3. The lowest BCUT2D eigenvalue weighted by Gasteiger charge is -2.23. The van der Waals surface area contributed by atoms with Gasteiger partial charge in [0, 0.05) is 29.8 Å². The molecule has 0 radical (unpaired) electrons. The summed E-state index contributed by atoms with van der Waals surface area (Å²) in [6.45, 7) is 4.38. The highest BCUT2D eigenvalue weighted by Gasteiger charge is 2.40. The number of aromatic nitrogens is 3. The lowest BCUT2D eigenvalue weighted by atomic mass is 9.95. The van der Waals surface area contributed by atoms with E-state index in [2.05, 4.69) is 10.3 Å². The predicted molar refractivity (Wildman–Crippen MR) is 98.2 cm³/mol. The number of amides is 1. The zero-order valence-electron chi connectivity index (χ0n) is 16.6. The Morgan fingerprint density at radius 3 is 2.72 bits per heavy atom. The monoisotopic (exact) mass is 410 g/mol. The molecule has 1 saturated heterocycles. The lowest BCUT2D eigenvalue weighted by Crippen LogP contribution is -2.34. The molecule has 6 nitrogen and oxygen atoms in total. The van der Waals surface area contributed by atoms with Gasteiger partial charge in [0.25, 0.3) is 0 Å².